The summed E-state index contributed by atoms with van der Waals surface area (Å²) in [5.41, 5.74) is 1.72. The Morgan fingerprint density at radius 3 is 1.65 bits per heavy atom. The number of carbonyl (C=O) groups is 7. The van der Waals surface area contributed by atoms with Crippen LogP contribution in [-0.2, 0) is 51.8 Å². The summed E-state index contributed by atoms with van der Waals surface area (Å²) in [7, 11) is 6.38. The number of unbranched alkanes of at least 4 members (excludes halogenated alkanes) is 2. The van der Waals surface area contributed by atoms with Gasteiger partial charge in [0.1, 0.15) is 36.3 Å². The van der Waals surface area contributed by atoms with Crippen LogP contribution in [0.2, 0.25) is 0 Å². The number of benzene rings is 1. The molecule has 0 saturated carbocycles. The lowest BCUT2D eigenvalue weighted by atomic mass is 9.94. The highest BCUT2D eigenvalue weighted by atomic mass is 16.5. The van der Waals surface area contributed by atoms with Crippen LogP contribution in [0.3, 0.4) is 0 Å². The number of nitrogens with one attached hydrogen (secondary N) is 3. The SMILES string of the molecule is CCCC[C@@H](C)C[C@@H]1NC(=O)[C@H](Cc2cn(C)c3ccccc23)N(C)C(=O)[C@H](CC(C)C)NC(=O)[C@H](CC(C)C)N(C)C(=O)[C@H](C[C@H](C)CCCC)NC(=O)[C@@H](CCC#N)OC(=O)[C@H](C)N(C)C1=O. The lowest BCUT2D eigenvalue weighted by Gasteiger charge is -2.35. The van der Waals surface area contributed by atoms with Gasteiger partial charge in [-0.05, 0) is 67.9 Å². The van der Waals surface area contributed by atoms with E-state index in [-0.39, 0.29) is 68.6 Å². The summed E-state index contributed by atoms with van der Waals surface area (Å²) in [4.78, 5) is 106. The minimum Gasteiger partial charge on any atom is -0.451 e. The van der Waals surface area contributed by atoms with Gasteiger partial charge < -0.3 is 40.0 Å². The summed E-state index contributed by atoms with van der Waals surface area (Å²) in [6, 6.07) is 2.90. The molecule has 0 spiro atoms. The molecule has 3 rings (SSSR count). The Balaban J connectivity index is 2.31. The van der Waals surface area contributed by atoms with E-state index in [0.717, 1.165) is 55.0 Å². The molecule has 3 N–H and O–H groups in total. The lowest BCUT2D eigenvalue weighted by Crippen LogP contribution is -2.60. The Morgan fingerprint density at radius 2 is 1.13 bits per heavy atom. The van der Waals surface area contributed by atoms with Crippen molar-refractivity contribution in [2.24, 2.45) is 30.7 Å². The molecule has 1 aliphatic heterocycles. The van der Waals surface area contributed by atoms with Gasteiger partial charge in [-0.15, -0.1) is 0 Å². The predicted molar refractivity (Wildman–Crippen MR) is 268 cm³/mol. The van der Waals surface area contributed by atoms with Crippen LogP contribution in [0.4, 0.5) is 0 Å². The zero-order valence-electron chi connectivity index (χ0n) is 43.9. The van der Waals surface area contributed by atoms with Gasteiger partial charge in [-0.25, -0.2) is 4.79 Å². The van der Waals surface area contributed by atoms with E-state index in [0.29, 0.717) is 0 Å². The molecule has 69 heavy (non-hydrogen) atoms. The number of cyclic esters (lactones) is 1. The molecular weight excluding hydrogens is 877 g/mol. The number of rotatable bonds is 18. The van der Waals surface area contributed by atoms with Crippen LogP contribution in [0.25, 0.3) is 10.9 Å². The lowest BCUT2D eigenvalue weighted by molar-refractivity contribution is -0.163. The maximum Gasteiger partial charge on any atom is 0.329 e. The fourth-order valence-corrected chi connectivity index (χ4v) is 9.24. The van der Waals surface area contributed by atoms with Crippen molar-refractivity contribution in [1.82, 2.24) is 35.2 Å². The van der Waals surface area contributed by atoms with Gasteiger partial charge in [0, 0.05) is 64.6 Å². The van der Waals surface area contributed by atoms with Crippen LogP contribution in [0, 0.1) is 35.0 Å². The monoisotopic (exact) mass is 961 g/mol. The quantitative estimate of drug-likeness (QED) is 0.141. The van der Waals surface area contributed by atoms with E-state index in [1.165, 1.54) is 42.8 Å². The minimum atomic E-state index is -1.49. The van der Waals surface area contributed by atoms with Gasteiger partial charge in [-0.1, -0.05) is 112 Å². The second-order valence-corrected chi connectivity index (χ2v) is 20.6. The van der Waals surface area contributed by atoms with E-state index in [9.17, 15) is 29.2 Å². The number of aryl methyl sites for hydroxylation is 1. The molecule has 1 aliphatic rings. The molecule has 16 nitrogen and oxygen atoms in total. The number of hydrogen-bond donors (Lipinski definition) is 3. The smallest absolute Gasteiger partial charge is 0.329 e. The van der Waals surface area contributed by atoms with Crippen LogP contribution in [0.15, 0.2) is 30.5 Å². The average molecular weight is 961 g/mol. The number of nitriles is 1. The van der Waals surface area contributed by atoms with Gasteiger partial charge in [0.2, 0.25) is 29.5 Å². The van der Waals surface area contributed by atoms with E-state index in [2.05, 4.69) is 29.8 Å². The highest BCUT2D eigenvalue weighted by molar-refractivity contribution is 5.98. The first-order valence-corrected chi connectivity index (χ1v) is 25.4. The van der Waals surface area contributed by atoms with Gasteiger partial charge >= 0.3 is 5.97 Å². The summed E-state index contributed by atoms with van der Waals surface area (Å²) in [5.74, 6) is -4.72. The minimum absolute atomic E-state index is 0.0258. The van der Waals surface area contributed by atoms with Crippen molar-refractivity contribution in [2.45, 2.75) is 188 Å². The van der Waals surface area contributed by atoms with E-state index < -0.39 is 83.8 Å². The molecule has 0 radical (unpaired) electrons. The van der Waals surface area contributed by atoms with Crippen LogP contribution in [-0.4, -0.2) is 124 Å². The molecule has 1 aromatic heterocycles. The zero-order valence-corrected chi connectivity index (χ0v) is 43.9. The molecule has 0 unspecified atom stereocenters. The van der Waals surface area contributed by atoms with E-state index in [4.69, 9.17) is 4.74 Å². The van der Waals surface area contributed by atoms with Crippen LogP contribution >= 0.6 is 0 Å². The Bertz CT molecular complexity index is 2100. The standard InChI is InChI=1S/C53H84N8O8/c1-14-16-21-35(7)29-41-50(65)59(11)37(9)53(68)69-46(25-20-26-54)49(64)57-42(30-36(8)22-17-15-2)52(67)60(12)44(28-34(5)6)47(62)55-40(27-33(3)4)51(66)61(13)45(48(63)56-41)31-38-32-58(10)43-24-19-18-23-39(38)43/h18-19,23-24,32-37,40-42,44-46H,14-17,20-22,25,27-31H2,1-13H3,(H,55,62)(H,56,63)(H,57,64)/t35-,36-,37+,40+,41+,42+,44+,45+,46-/m1/s1. The molecule has 16 heteroatoms. The van der Waals surface area contributed by atoms with Crippen molar-refractivity contribution in [1.29, 1.82) is 5.26 Å². The molecule has 0 aliphatic carbocycles. The topological polar surface area (TPSA) is 203 Å². The van der Waals surface area contributed by atoms with Crippen LogP contribution in [0.1, 0.15) is 145 Å². The molecule has 0 bridgehead atoms. The third-order valence-electron chi connectivity index (χ3n) is 13.6. The molecule has 1 saturated heterocycles. The third kappa shape index (κ3) is 16.6. The van der Waals surface area contributed by atoms with Gasteiger partial charge in [-0.2, -0.15) is 5.26 Å². The number of aromatic nitrogens is 1. The Morgan fingerprint density at radius 1 is 0.652 bits per heavy atom. The number of ether oxygens (including phenoxy) is 1. The van der Waals surface area contributed by atoms with E-state index in [1.807, 2.05) is 89.7 Å². The van der Waals surface area contributed by atoms with Crippen molar-refractivity contribution in [3.05, 3.63) is 36.0 Å². The van der Waals surface area contributed by atoms with Crippen molar-refractivity contribution in [3.8, 4) is 6.07 Å². The summed E-state index contributed by atoms with van der Waals surface area (Å²) in [6.45, 7) is 17.3. The number of fused-ring (bicyclic) bond motifs is 1. The van der Waals surface area contributed by atoms with Crippen molar-refractivity contribution in [3.63, 3.8) is 0 Å². The third-order valence-corrected chi connectivity index (χ3v) is 13.6. The van der Waals surface area contributed by atoms with Crippen molar-refractivity contribution >= 4 is 52.3 Å². The first-order chi connectivity index (χ1) is 32.6. The van der Waals surface area contributed by atoms with E-state index >= 15 is 9.59 Å². The Kier molecular flexibility index (Phi) is 23.2. The highest BCUT2D eigenvalue weighted by Crippen LogP contribution is 2.26. The van der Waals surface area contributed by atoms with Gasteiger partial charge in [0.25, 0.3) is 5.91 Å². The summed E-state index contributed by atoms with van der Waals surface area (Å²) in [5, 5.41) is 19.3. The molecule has 2 heterocycles. The fourth-order valence-electron chi connectivity index (χ4n) is 9.24. The van der Waals surface area contributed by atoms with Crippen LogP contribution < -0.4 is 16.0 Å². The number of amides is 6. The fraction of sp³-hybridized carbons (Fsp3) is 0.698. The van der Waals surface area contributed by atoms with Crippen LogP contribution in [0.5, 0.6) is 0 Å². The number of likely N-dealkylation sites (N-methyl/N-ethyl adjacent to an activating group) is 3. The second-order valence-electron chi connectivity index (χ2n) is 20.6. The van der Waals surface area contributed by atoms with Gasteiger partial charge in [-0.3, -0.25) is 28.8 Å². The van der Waals surface area contributed by atoms with Crippen molar-refractivity contribution < 1.29 is 38.3 Å². The molecule has 384 valence electrons. The predicted octanol–water partition coefficient (Wildman–Crippen LogP) is 6.43. The summed E-state index contributed by atoms with van der Waals surface area (Å²) in [6.07, 6.45) is 6.23. The summed E-state index contributed by atoms with van der Waals surface area (Å²) < 4.78 is 7.78. The molecule has 9 atom stereocenters. The number of para-hydroxylation sites is 1. The van der Waals surface area contributed by atoms with Gasteiger partial charge in [0.05, 0.1) is 6.07 Å². The molecule has 1 fully saturated rings. The maximum absolute atomic E-state index is 15.1. The number of esters is 1. The molecular formula is C53H84N8O8. The number of nitrogens with zero attached hydrogens (tertiary/aromatic N) is 5. The van der Waals surface area contributed by atoms with Gasteiger partial charge in [0.15, 0.2) is 6.10 Å². The zero-order chi connectivity index (χ0) is 51.7. The first-order valence-electron chi connectivity index (χ1n) is 25.4. The van der Waals surface area contributed by atoms with E-state index in [1.54, 1.807) is 0 Å². The maximum atomic E-state index is 15.1. The largest absolute Gasteiger partial charge is 0.451 e. The van der Waals surface area contributed by atoms with Crippen molar-refractivity contribution in [2.75, 3.05) is 21.1 Å². The normalized spacial score (nSPS) is 24.2. The second kappa shape index (κ2) is 27.7. The Hall–Kier alpha value is -5.46. The number of hydrogen-bond acceptors (Lipinski definition) is 9. The summed E-state index contributed by atoms with van der Waals surface area (Å²) >= 11 is 0. The highest BCUT2D eigenvalue weighted by Gasteiger charge is 2.41. The molecule has 2 aromatic rings. The number of carbonyl (C=O) groups excluding carboxylic acids is 7. The average Bonchev–Trinajstić information content (AvgIpc) is 3.63. The first kappa shape index (κ1) is 57.9. The molecule has 6 amide bonds. The Labute approximate surface area is 412 Å². The molecule has 1 aromatic carbocycles.